The van der Waals surface area contributed by atoms with Gasteiger partial charge in [0.2, 0.25) is 0 Å². The lowest BCUT2D eigenvalue weighted by molar-refractivity contribution is -0.870. The summed E-state index contributed by atoms with van der Waals surface area (Å²) in [5.41, 5.74) is 2.63. The van der Waals surface area contributed by atoms with E-state index in [1.165, 1.54) is 16.2 Å². The Hall–Kier alpha value is -0.890. The van der Waals surface area contributed by atoms with Crippen LogP contribution in [0, 0.1) is 7.05 Å². The minimum Gasteiger partial charge on any atom is -0.463 e. The van der Waals surface area contributed by atoms with Crippen LogP contribution in [0.5, 0.6) is 0 Å². The van der Waals surface area contributed by atoms with Crippen LogP contribution in [0.2, 0.25) is 0 Å². The van der Waals surface area contributed by atoms with Gasteiger partial charge in [-0.15, -0.1) is 0 Å². The first-order chi connectivity index (χ1) is 5.36. The van der Waals surface area contributed by atoms with Crippen LogP contribution in [0.15, 0.2) is 18.3 Å². The minimum atomic E-state index is 0.982. The van der Waals surface area contributed by atoms with Crippen molar-refractivity contribution in [1.82, 2.24) is 4.98 Å². The van der Waals surface area contributed by atoms with E-state index in [2.05, 4.69) is 18.1 Å². The number of hydrogen-bond donors (Lipinski definition) is 1. The van der Waals surface area contributed by atoms with Gasteiger partial charge in [-0.3, -0.25) is 4.98 Å². The summed E-state index contributed by atoms with van der Waals surface area (Å²) >= 11 is 0. The summed E-state index contributed by atoms with van der Waals surface area (Å²) in [7, 11) is 3.97. The van der Waals surface area contributed by atoms with E-state index >= 15 is 0 Å². The van der Waals surface area contributed by atoms with E-state index in [1.54, 1.807) is 0 Å². The molecule has 0 saturated carbocycles. The van der Waals surface area contributed by atoms with Gasteiger partial charge >= 0.3 is 0 Å². The van der Waals surface area contributed by atoms with E-state index < -0.39 is 0 Å². The first-order valence-electron chi connectivity index (χ1n) is 3.95. The number of aromatic nitrogens is 1. The molecule has 0 aliphatic carbocycles. The van der Waals surface area contributed by atoms with Gasteiger partial charge in [-0.25, -0.2) is 0 Å². The van der Waals surface area contributed by atoms with Crippen molar-refractivity contribution in [3.63, 3.8) is 0 Å². The molecule has 2 heterocycles. The Labute approximate surface area is 66.9 Å². The molecule has 58 valence electrons. The van der Waals surface area contributed by atoms with Crippen LogP contribution in [-0.2, 0) is 13.0 Å². The third-order valence-corrected chi connectivity index (χ3v) is 2.15. The van der Waals surface area contributed by atoms with Crippen LogP contribution in [-0.4, -0.2) is 11.5 Å². The number of pyridine rings is 1. The summed E-state index contributed by atoms with van der Waals surface area (Å²) in [6.07, 6.45) is 2.99. The number of quaternary nitrogens is 1. The molecular formula is C9H12N2. The molecule has 0 aromatic carbocycles. The van der Waals surface area contributed by atoms with Gasteiger partial charge in [0, 0.05) is 12.6 Å². The van der Waals surface area contributed by atoms with Crippen LogP contribution < -0.4 is 4.90 Å². The normalized spacial score (nSPS) is 22.8. The molecule has 1 unspecified atom stereocenters. The number of hydrogen-bond acceptors (Lipinski definition) is 1. The van der Waals surface area contributed by atoms with Crippen molar-refractivity contribution in [3.05, 3.63) is 36.6 Å². The van der Waals surface area contributed by atoms with Gasteiger partial charge < -0.3 is 4.90 Å². The topological polar surface area (TPSA) is 17.3 Å². The lowest BCUT2D eigenvalue weighted by Crippen LogP contribution is -3.06. The molecule has 2 rings (SSSR count). The van der Waals surface area contributed by atoms with Crippen LogP contribution in [0.25, 0.3) is 0 Å². The van der Waals surface area contributed by atoms with Gasteiger partial charge in [0.15, 0.2) is 0 Å². The van der Waals surface area contributed by atoms with Gasteiger partial charge in [-0.2, -0.15) is 7.05 Å². The SMILES string of the molecule is [CH2-][NH+]1CCc2cccnc2C1. The first-order valence-corrected chi connectivity index (χ1v) is 3.95. The molecule has 11 heavy (non-hydrogen) atoms. The molecule has 0 bridgehead atoms. The fraction of sp³-hybridized carbons (Fsp3) is 0.333. The van der Waals surface area contributed by atoms with Crippen LogP contribution in [0.1, 0.15) is 11.3 Å². The highest BCUT2D eigenvalue weighted by Gasteiger charge is 2.12. The Bertz CT molecular complexity index is 257. The van der Waals surface area contributed by atoms with Crippen molar-refractivity contribution in [3.8, 4) is 0 Å². The minimum absolute atomic E-state index is 0.982. The van der Waals surface area contributed by atoms with E-state index in [1.807, 2.05) is 12.3 Å². The molecule has 1 aromatic heterocycles. The van der Waals surface area contributed by atoms with E-state index in [4.69, 9.17) is 0 Å². The molecule has 1 N–H and O–H groups in total. The summed E-state index contributed by atoms with van der Waals surface area (Å²) < 4.78 is 0. The molecule has 2 heteroatoms. The van der Waals surface area contributed by atoms with Crippen LogP contribution in [0.3, 0.4) is 0 Å². The lowest BCUT2D eigenvalue weighted by atomic mass is 10.1. The zero-order valence-corrected chi connectivity index (χ0v) is 6.51. The summed E-state index contributed by atoms with van der Waals surface area (Å²) in [4.78, 5) is 5.62. The Morgan fingerprint density at radius 1 is 1.55 bits per heavy atom. The first kappa shape index (κ1) is 6.80. The molecule has 1 aliphatic heterocycles. The highest BCUT2D eigenvalue weighted by molar-refractivity contribution is 5.20. The summed E-state index contributed by atoms with van der Waals surface area (Å²) in [6, 6.07) is 4.17. The van der Waals surface area contributed by atoms with Crippen molar-refractivity contribution >= 4 is 0 Å². The molecule has 0 fully saturated rings. The van der Waals surface area contributed by atoms with Gasteiger partial charge in [-0.05, 0) is 11.6 Å². The Morgan fingerprint density at radius 3 is 3.36 bits per heavy atom. The number of nitrogens with zero attached hydrogens (tertiary/aromatic N) is 1. The van der Waals surface area contributed by atoms with Crippen molar-refractivity contribution in [1.29, 1.82) is 0 Å². The quantitative estimate of drug-likeness (QED) is 0.505. The second-order valence-corrected chi connectivity index (χ2v) is 3.04. The zero-order chi connectivity index (χ0) is 7.68. The van der Waals surface area contributed by atoms with Crippen molar-refractivity contribution in [2.75, 3.05) is 6.54 Å². The average Bonchev–Trinajstić information content (AvgIpc) is 2.04. The van der Waals surface area contributed by atoms with E-state index in [-0.39, 0.29) is 0 Å². The maximum Gasteiger partial charge on any atom is 0.0963 e. The number of nitrogens with one attached hydrogen (secondary N) is 1. The summed E-state index contributed by atoms with van der Waals surface area (Å²) in [6.45, 7) is 2.12. The lowest BCUT2D eigenvalue weighted by Gasteiger charge is -2.26. The third-order valence-electron chi connectivity index (χ3n) is 2.15. The zero-order valence-electron chi connectivity index (χ0n) is 6.51. The van der Waals surface area contributed by atoms with Crippen LogP contribution >= 0.6 is 0 Å². The van der Waals surface area contributed by atoms with Gasteiger partial charge in [-0.1, -0.05) is 6.07 Å². The number of fused-ring (bicyclic) bond motifs is 1. The predicted molar refractivity (Wildman–Crippen MR) is 42.8 cm³/mol. The smallest absolute Gasteiger partial charge is 0.0963 e. The molecule has 0 saturated heterocycles. The molecule has 1 atom stereocenters. The average molecular weight is 148 g/mol. The molecular weight excluding hydrogens is 136 g/mol. The standard InChI is InChI=1S/C9H12N2/c1-11-6-4-8-3-2-5-10-9(8)7-11/h2-3,5,11H,1,4,6-7H2. The maximum atomic E-state index is 4.31. The number of rotatable bonds is 0. The molecule has 0 spiro atoms. The third kappa shape index (κ3) is 1.26. The predicted octanol–water partition coefficient (Wildman–Crippen LogP) is -0.186. The summed E-state index contributed by atoms with van der Waals surface area (Å²) in [5.74, 6) is 0. The van der Waals surface area contributed by atoms with Gasteiger partial charge in [0.25, 0.3) is 0 Å². The second kappa shape index (κ2) is 2.62. The maximum absolute atomic E-state index is 4.31. The van der Waals surface area contributed by atoms with Crippen molar-refractivity contribution < 1.29 is 4.90 Å². The Morgan fingerprint density at radius 2 is 2.45 bits per heavy atom. The Kier molecular flexibility index (Phi) is 1.62. The molecule has 1 aromatic rings. The van der Waals surface area contributed by atoms with Crippen molar-refractivity contribution in [2.24, 2.45) is 0 Å². The molecule has 0 amide bonds. The molecule has 1 aliphatic rings. The van der Waals surface area contributed by atoms with Gasteiger partial charge in [0.1, 0.15) is 0 Å². The fourth-order valence-corrected chi connectivity index (χ4v) is 1.49. The van der Waals surface area contributed by atoms with Crippen molar-refractivity contribution in [2.45, 2.75) is 13.0 Å². The second-order valence-electron chi connectivity index (χ2n) is 3.04. The van der Waals surface area contributed by atoms with Gasteiger partial charge in [0.05, 0.1) is 18.8 Å². The highest BCUT2D eigenvalue weighted by atomic mass is 15.1. The van der Waals surface area contributed by atoms with E-state index in [0.717, 1.165) is 19.5 Å². The largest absolute Gasteiger partial charge is 0.463 e. The van der Waals surface area contributed by atoms with E-state index in [9.17, 15) is 0 Å². The van der Waals surface area contributed by atoms with E-state index in [0.29, 0.717) is 0 Å². The van der Waals surface area contributed by atoms with Crippen LogP contribution in [0.4, 0.5) is 0 Å². The molecule has 2 nitrogen and oxygen atoms in total. The molecule has 0 radical (unpaired) electrons. The Balaban J connectivity index is 2.34. The highest BCUT2D eigenvalue weighted by Crippen LogP contribution is 2.06. The monoisotopic (exact) mass is 148 g/mol. The summed E-state index contributed by atoms with van der Waals surface area (Å²) in [5, 5.41) is 0. The fourth-order valence-electron chi connectivity index (χ4n) is 1.49.